The van der Waals surface area contributed by atoms with Crippen LogP contribution in [-0.4, -0.2) is 46.9 Å². The molecule has 1 fully saturated rings. The van der Waals surface area contributed by atoms with Crippen LogP contribution >= 0.6 is 0 Å². The predicted octanol–water partition coefficient (Wildman–Crippen LogP) is 2.42. The molecule has 4 atom stereocenters. The topological polar surface area (TPSA) is 80.9 Å². The Morgan fingerprint density at radius 3 is 2.58 bits per heavy atom. The van der Waals surface area contributed by atoms with Crippen LogP contribution in [0.5, 0.6) is 0 Å². The van der Waals surface area contributed by atoms with Gasteiger partial charge in [-0.1, -0.05) is 26.0 Å². The van der Waals surface area contributed by atoms with Gasteiger partial charge in [0.15, 0.2) is 0 Å². The molecular formula is C20H34O4. The van der Waals surface area contributed by atoms with E-state index in [1.165, 1.54) is 0 Å². The molecule has 0 saturated heterocycles. The zero-order chi connectivity index (χ0) is 17.8. The number of fused-ring (bicyclic) bond motifs is 1. The molecule has 1 saturated carbocycles. The van der Waals surface area contributed by atoms with E-state index >= 15 is 0 Å². The normalized spacial score (nSPS) is 37.1. The van der Waals surface area contributed by atoms with Crippen LogP contribution in [0.3, 0.4) is 0 Å². The fourth-order valence-corrected chi connectivity index (χ4v) is 5.31. The molecule has 138 valence electrons. The summed E-state index contributed by atoms with van der Waals surface area (Å²) in [5, 5.41) is 38.7. The maximum atomic E-state index is 10.3. The quantitative estimate of drug-likeness (QED) is 0.538. The Morgan fingerprint density at radius 1 is 1.25 bits per heavy atom. The Morgan fingerprint density at radius 2 is 2.00 bits per heavy atom. The van der Waals surface area contributed by atoms with Crippen LogP contribution in [0.1, 0.15) is 52.4 Å². The van der Waals surface area contributed by atoms with Gasteiger partial charge in [-0.2, -0.15) is 0 Å². The Bertz CT molecular complexity index is 484. The lowest BCUT2D eigenvalue weighted by Crippen LogP contribution is -2.53. The highest BCUT2D eigenvalue weighted by atomic mass is 16.3. The minimum Gasteiger partial charge on any atom is -0.395 e. The molecule has 0 aliphatic heterocycles. The molecule has 0 amide bonds. The number of hydrogen-bond donors (Lipinski definition) is 4. The summed E-state index contributed by atoms with van der Waals surface area (Å²) in [5.74, 6) is 0.884. The Kier molecular flexibility index (Phi) is 6.66. The van der Waals surface area contributed by atoms with Crippen molar-refractivity contribution >= 4 is 0 Å². The second kappa shape index (κ2) is 8.13. The minimum absolute atomic E-state index is 0.0113. The molecule has 0 radical (unpaired) electrons. The molecule has 2 rings (SSSR count). The van der Waals surface area contributed by atoms with E-state index < -0.39 is 0 Å². The highest BCUT2D eigenvalue weighted by Gasteiger charge is 2.55. The summed E-state index contributed by atoms with van der Waals surface area (Å²) in [6.07, 6.45) is 9.54. The molecule has 0 spiro atoms. The molecule has 4 unspecified atom stereocenters. The summed E-state index contributed by atoms with van der Waals surface area (Å²) in [6, 6.07) is 0. The number of aliphatic hydroxyl groups excluding tert-OH is 4. The molecule has 0 aromatic carbocycles. The third-order valence-corrected chi connectivity index (χ3v) is 7.12. The van der Waals surface area contributed by atoms with Crippen molar-refractivity contribution in [3.63, 3.8) is 0 Å². The van der Waals surface area contributed by atoms with Gasteiger partial charge in [-0.3, -0.25) is 0 Å². The van der Waals surface area contributed by atoms with Crippen molar-refractivity contribution in [3.8, 4) is 0 Å². The average Bonchev–Trinajstić information content (AvgIpc) is 2.61. The molecule has 0 heterocycles. The first-order valence-corrected chi connectivity index (χ1v) is 9.29. The minimum atomic E-state index is -0.283. The van der Waals surface area contributed by atoms with E-state index in [4.69, 9.17) is 5.11 Å². The van der Waals surface area contributed by atoms with E-state index in [1.807, 2.05) is 0 Å². The lowest BCUT2D eigenvalue weighted by Gasteiger charge is -2.59. The third kappa shape index (κ3) is 3.34. The summed E-state index contributed by atoms with van der Waals surface area (Å²) >= 11 is 0. The lowest BCUT2D eigenvalue weighted by molar-refractivity contribution is -0.0828. The van der Waals surface area contributed by atoms with Gasteiger partial charge in [-0.15, -0.1) is 0 Å². The molecule has 0 aromatic rings. The molecule has 4 N–H and O–H groups in total. The third-order valence-electron chi connectivity index (χ3n) is 7.12. The van der Waals surface area contributed by atoms with E-state index in [1.54, 1.807) is 6.08 Å². The van der Waals surface area contributed by atoms with Crippen LogP contribution in [0.4, 0.5) is 0 Å². The average molecular weight is 338 g/mol. The molecule has 2 aliphatic carbocycles. The van der Waals surface area contributed by atoms with Crippen LogP contribution in [-0.2, 0) is 0 Å². The number of rotatable bonds is 7. The van der Waals surface area contributed by atoms with Gasteiger partial charge in [0.25, 0.3) is 0 Å². The van der Waals surface area contributed by atoms with Crippen LogP contribution in [0.15, 0.2) is 23.3 Å². The summed E-state index contributed by atoms with van der Waals surface area (Å²) in [4.78, 5) is 0. The van der Waals surface area contributed by atoms with Crippen molar-refractivity contribution in [1.29, 1.82) is 0 Å². The molecule has 4 nitrogen and oxygen atoms in total. The van der Waals surface area contributed by atoms with Crippen molar-refractivity contribution in [2.24, 2.45) is 22.7 Å². The lowest BCUT2D eigenvalue weighted by atomic mass is 9.46. The summed E-state index contributed by atoms with van der Waals surface area (Å²) in [7, 11) is 0. The summed E-state index contributed by atoms with van der Waals surface area (Å²) in [6.45, 7) is 4.71. The number of aliphatic hydroxyl groups is 4. The first kappa shape index (κ1) is 19.6. The monoisotopic (exact) mass is 338 g/mol. The van der Waals surface area contributed by atoms with Gasteiger partial charge in [0.2, 0.25) is 0 Å². The zero-order valence-electron chi connectivity index (χ0n) is 15.2. The van der Waals surface area contributed by atoms with Crippen molar-refractivity contribution in [1.82, 2.24) is 0 Å². The number of hydrogen-bond acceptors (Lipinski definition) is 4. The maximum Gasteiger partial charge on any atom is 0.0648 e. The van der Waals surface area contributed by atoms with Gasteiger partial charge in [-0.05, 0) is 66.9 Å². The standard InChI is InChI=1S/C20H34O4/c1-15-6-10-20(14-24)17(13-23)4-3-5-18(20)19(15,2)9-7-16(12-22)8-11-21/h4,8,15,18,21-24H,3,5-7,9-14H2,1-2H3. The smallest absolute Gasteiger partial charge is 0.0648 e. The molecule has 0 bridgehead atoms. The molecular weight excluding hydrogens is 304 g/mol. The molecule has 4 heteroatoms. The molecule has 2 aliphatic rings. The van der Waals surface area contributed by atoms with Crippen LogP contribution < -0.4 is 0 Å². The van der Waals surface area contributed by atoms with Gasteiger partial charge in [0.1, 0.15) is 0 Å². The van der Waals surface area contributed by atoms with Crippen molar-refractivity contribution in [2.75, 3.05) is 26.4 Å². The fourth-order valence-electron chi connectivity index (χ4n) is 5.31. The predicted molar refractivity (Wildman–Crippen MR) is 95.4 cm³/mol. The Balaban J connectivity index is 2.30. The van der Waals surface area contributed by atoms with Gasteiger partial charge in [0, 0.05) is 5.41 Å². The summed E-state index contributed by atoms with van der Waals surface area (Å²) < 4.78 is 0. The molecule has 0 aromatic heterocycles. The van der Waals surface area contributed by atoms with Gasteiger partial charge < -0.3 is 20.4 Å². The van der Waals surface area contributed by atoms with E-state index in [9.17, 15) is 15.3 Å². The molecule has 24 heavy (non-hydrogen) atoms. The number of allylic oxidation sites excluding steroid dienone is 1. The van der Waals surface area contributed by atoms with Crippen LogP contribution in [0.2, 0.25) is 0 Å². The van der Waals surface area contributed by atoms with Gasteiger partial charge in [-0.25, -0.2) is 0 Å². The fraction of sp³-hybridized carbons (Fsp3) is 0.800. The first-order chi connectivity index (χ1) is 11.5. The highest BCUT2D eigenvalue weighted by molar-refractivity contribution is 5.24. The largest absolute Gasteiger partial charge is 0.395 e. The van der Waals surface area contributed by atoms with Gasteiger partial charge >= 0.3 is 0 Å². The van der Waals surface area contributed by atoms with E-state index in [2.05, 4.69) is 19.9 Å². The zero-order valence-corrected chi connectivity index (χ0v) is 15.2. The second-order valence-corrected chi connectivity index (χ2v) is 7.98. The SMILES string of the molecule is CC1CCC2(CO)C(CO)=CCCC2C1(C)CCC(=CCO)CO. The van der Waals surface area contributed by atoms with E-state index in [-0.39, 0.29) is 37.3 Å². The summed E-state index contributed by atoms with van der Waals surface area (Å²) in [5.41, 5.74) is 1.68. The first-order valence-electron chi connectivity index (χ1n) is 9.29. The van der Waals surface area contributed by atoms with E-state index in [0.29, 0.717) is 11.8 Å². The van der Waals surface area contributed by atoms with Crippen molar-refractivity contribution in [2.45, 2.75) is 52.4 Å². The van der Waals surface area contributed by atoms with Crippen LogP contribution in [0.25, 0.3) is 0 Å². The highest BCUT2D eigenvalue weighted by Crippen LogP contribution is 2.61. The van der Waals surface area contributed by atoms with Crippen LogP contribution in [0, 0.1) is 22.7 Å². The maximum absolute atomic E-state index is 10.3. The second-order valence-electron chi connectivity index (χ2n) is 7.98. The van der Waals surface area contributed by atoms with E-state index in [0.717, 1.165) is 49.7 Å². The Hall–Kier alpha value is -0.680. The van der Waals surface area contributed by atoms with Crippen molar-refractivity contribution in [3.05, 3.63) is 23.3 Å². The van der Waals surface area contributed by atoms with Crippen molar-refractivity contribution < 1.29 is 20.4 Å². The Labute approximate surface area is 145 Å². The van der Waals surface area contributed by atoms with Gasteiger partial charge in [0.05, 0.1) is 26.4 Å².